The van der Waals surface area contributed by atoms with E-state index >= 15 is 0 Å². The molecule has 0 amide bonds. The van der Waals surface area contributed by atoms with Gasteiger partial charge in [-0.2, -0.15) is 0 Å². The minimum absolute atomic E-state index is 0.0443. The van der Waals surface area contributed by atoms with Gasteiger partial charge in [-0.3, -0.25) is 0 Å². The fraction of sp³-hybridized carbons (Fsp3) is 0.400. The third kappa shape index (κ3) is 5.96. The number of rotatable bonds is 4. The molecule has 2 nitrogen and oxygen atoms in total. The van der Waals surface area contributed by atoms with Gasteiger partial charge in [0, 0.05) is 16.3 Å². The minimum Gasteiger partial charge on any atom is -0.505 e. The Morgan fingerprint density at radius 1 is 0.628 bits per heavy atom. The first-order valence-corrected chi connectivity index (χ1v) is 15.5. The molecule has 0 aliphatic carbocycles. The van der Waals surface area contributed by atoms with Crippen LogP contribution in [0.2, 0.25) is 0 Å². The zero-order valence-corrected chi connectivity index (χ0v) is 27.9. The van der Waals surface area contributed by atoms with Gasteiger partial charge < -0.3 is 9.67 Å². The number of benzene rings is 4. The lowest BCUT2D eigenvalue weighted by Crippen LogP contribution is -2.25. The van der Waals surface area contributed by atoms with Gasteiger partial charge in [0.1, 0.15) is 11.6 Å². The second-order valence-corrected chi connectivity index (χ2v) is 16.3. The number of fused-ring (bicyclic) bond motifs is 3. The first-order valence-electron chi connectivity index (χ1n) is 15.5. The van der Waals surface area contributed by atoms with Gasteiger partial charge in [0.15, 0.2) is 0 Å². The van der Waals surface area contributed by atoms with E-state index in [4.69, 9.17) is 0 Å². The summed E-state index contributed by atoms with van der Waals surface area (Å²) in [6, 6.07) is 24.2. The highest BCUT2D eigenvalue weighted by atomic mass is 19.1. The Labute approximate surface area is 257 Å². The molecule has 226 valence electrons. The Kier molecular flexibility index (Phi) is 7.36. The van der Waals surface area contributed by atoms with Crippen molar-refractivity contribution in [3.63, 3.8) is 0 Å². The number of hydrogen-bond donors (Lipinski definition) is 1. The van der Waals surface area contributed by atoms with Crippen molar-refractivity contribution in [2.45, 2.75) is 98.8 Å². The molecule has 0 aliphatic heterocycles. The maximum absolute atomic E-state index is 14.6. The normalized spacial score (nSPS) is 13.3. The van der Waals surface area contributed by atoms with E-state index in [2.05, 4.69) is 129 Å². The summed E-state index contributed by atoms with van der Waals surface area (Å²) in [7, 11) is 0. The van der Waals surface area contributed by atoms with Crippen LogP contribution in [-0.4, -0.2) is 9.67 Å². The fourth-order valence-electron chi connectivity index (χ4n) is 6.70. The minimum atomic E-state index is -0.320. The molecule has 3 heteroatoms. The average molecular weight is 578 g/mol. The molecule has 0 atom stereocenters. The van der Waals surface area contributed by atoms with Crippen LogP contribution in [0.15, 0.2) is 72.8 Å². The number of phenolic OH excluding ortho intramolecular Hbond substituents is 1. The van der Waals surface area contributed by atoms with E-state index in [0.717, 1.165) is 39.5 Å². The second-order valence-electron chi connectivity index (χ2n) is 16.3. The van der Waals surface area contributed by atoms with Gasteiger partial charge in [-0.05, 0) is 86.7 Å². The van der Waals surface area contributed by atoms with Crippen LogP contribution in [-0.2, 0) is 16.2 Å². The van der Waals surface area contributed by atoms with Crippen molar-refractivity contribution in [1.82, 2.24) is 4.57 Å². The molecule has 5 aromatic rings. The van der Waals surface area contributed by atoms with Crippen LogP contribution in [0.25, 0.3) is 38.6 Å². The molecule has 0 unspecified atom stereocenters. The quantitative estimate of drug-likeness (QED) is 0.226. The summed E-state index contributed by atoms with van der Waals surface area (Å²) < 4.78 is 16.8. The lowest BCUT2D eigenvalue weighted by atomic mass is 9.71. The third-order valence-corrected chi connectivity index (χ3v) is 8.72. The maximum Gasteiger partial charge on any atom is 0.147 e. The Morgan fingerprint density at radius 3 is 1.63 bits per heavy atom. The highest BCUT2D eigenvalue weighted by Gasteiger charge is 2.30. The third-order valence-electron chi connectivity index (χ3n) is 8.72. The van der Waals surface area contributed by atoms with Gasteiger partial charge in [-0.1, -0.05) is 113 Å². The van der Waals surface area contributed by atoms with Crippen molar-refractivity contribution in [2.24, 2.45) is 5.41 Å². The second kappa shape index (κ2) is 10.3. The standard InChI is InChI=1S/C40H48FNO/c1-37(2,3)24-40(10,11)28-20-32(25-13-12-14-29(41)19-25)36(43)35(23-28)42-33-21-26(38(4,5)6)15-17-30(33)31-18-16-27(22-34(31)42)39(7,8)9/h12-23,43H,24H2,1-11H3. The van der Waals surface area contributed by atoms with Crippen molar-refractivity contribution in [2.75, 3.05) is 0 Å². The Bertz CT molecular complexity index is 1760. The molecular formula is C40H48FNO. The Hall–Kier alpha value is -3.59. The fourth-order valence-corrected chi connectivity index (χ4v) is 6.70. The summed E-state index contributed by atoms with van der Waals surface area (Å²) in [6.45, 7) is 24.7. The maximum atomic E-state index is 14.6. The highest BCUT2D eigenvalue weighted by molar-refractivity contribution is 6.10. The van der Waals surface area contributed by atoms with Gasteiger partial charge in [-0.25, -0.2) is 4.39 Å². The van der Waals surface area contributed by atoms with E-state index in [1.807, 2.05) is 6.07 Å². The first-order chi connectivity index (χ1) is 19.8. The number of halogens is 1. The van der Waals surface area contributed by atoms with Crippen molar-refractivity contribution in [3.05, 3.63) is 95.3 Å². The molecule has 0 radical (unpaired) electrons. The van der Waals surface area contributed by atoms with Gasteiger partial charge in [0.05, 0.1) is 16.7 Å². The van der Waals surface area contributed by atoms with Gasteiger partial charge >= 0.3 is 0 Å². The summed E-state index contributed by atoms with van der Waals surface area (Å²) in [5.41, 5.74) is 7.52. The van der Waals surface area contributed by atoms with E-state index in [1.54, 1.807) is 6.07 Å². The zero-order chi connectivity index (χ0) is 31.7. The van der Waals surface area contributed by atoms with Gasteiger partial charge in [-0.15, -0.1) is 0 Å². The Morgan fingerprint density at radius 2 is 1.16 bits per heavy atom. The summed E-state index contributed by atoms with van der Waals surface area (Å²) in [4.78, 5) is 0. The van der Waals surface area contributed by atoms with Crippen LogP contribution < -0.4 is 0 Å². The molecule has 0 saturated carbocycles. The summed E-state index contributed by atoms with van der Waals surface area (Å²) in [5, 5.41) is 14.5. The molecular weight excluding hydrogens is 529 g/mol. The number of hydrogen-bond acceptors (Lipinski definition) is 1. The molecule has 0 aliphatic rings. The molecule has 0 fully saturated rings. The van der Waals surface area contributed by atoms with E-state index in [-0.39, 0.29) is 33.2 Å². The topological polar surface area (TPSA) is 25.2 Å². The lowest BCUT2D eigenvalue weighted by Gasteiger charge is -2.34. The van der Waals surface area contributed by atoms with Crippen molar-refractivity contribution in [1.29, 1.82) is 0 Å². The molecule has 1 N–H and O–H groups in total. The molecule has 1 aromatic heterocycles. The van der Waals surface area contributed by atoms with Crippen LogP contribution in [0.5, 0.6) is 5.75 Å². The van der Waals surface area contributed by atoms with E-state index in [0.29, 0.717) is 11.1 Å². The van der Waals surface area contributed by atoms with Crippen molar-refractivity contribution >= 4 is 21.8 Å². The number of phenols is 1. The van der Waals surface area contributed by atoms with E-state index in [1.165, 1.54) is 23.3 Å². The predicted molar refractivity (Wildman–Crippen MR) is 182 cm³/mol. The van der Waals surface area contributed by atoms with Gasteiger partial charge in [0.2, 0.25) is 0 Å². The highest BCUT2D eigenvalue weighted by Crippen LogP contribution is 2.46. The molecule has 4 aromatic carbocycles. The summed E-state index contributed by atoms with van der Waals surface area (Å²) in [6.07, 6.45) is 0.947. The van der Waals surface area contributed by atoms with E-state index < -0.39 is 0 Å². The molecule has 0 bridgehead atoms. The summed E-state index contributed by atoms with van der Waals surface area (Å²) in [5.74, 6) is -0.165. The summed E-state index contributed by atoms with van der Waals surface area (Å²) >= 11 is 0. The molecule has 1 heterocycles. The zero-order valence-electron chi connectivity index (χ0n) is 27.9. The smallest absolute Gasteiger partial charge is 0.147 e. The van der Waals surface area contributed by atoms with E-state index in [9.17, 15) is 9.50 Å². The average Bonchev–Trinajstić information content (AvgIpc) is 3.19. The number of aromatic hydroxyl groups is 1. The first kappa shape index (κ1) is 30.9. The number of nitrogens with zero attached hydrogens (tertiary/aromatic N) is 1. The van der Waals surface area contributed by atoms with Crippen LogP contribution >= 0.6 is 0 Å². The van der Waals surface area contributed by atoms with Crippen molar-refractivity contribution in [3.8, 4) is 22.6 Å². The molecule has 43 heavy (non-hydrogen) atoms. The van der Waals surface area contributed by atoms with Crippen LogP contribution in [0, 0.1) is 11.2 Å². The van der Waals surface area contributed by atoms with Crippen LogP contribution in [0.3, 0.4) is 0 Å². The van der Waals surface area contributed by atoms with Gasteiger partial charge in [0.25, 0.3) is 0 Å². The monoisotopic (exact) mass is 577 g/mol. The lowest BCUT2D eigenvalue weighted by molar-refractivity contribution is 0.284. The molecule has 5 rings (SSSR count). The molecule has 0 saturated heterocycles. The Balaban J connectivity index is 1.95. The van der Waals surface area contributed by atoms with Crippen LogP contribution in [0.4, 0.5) is 4.39 Å². The predicted octanol–water partition coefficient (Wildman–Crippen LogP) is 11.6. The van der Waals surface area contributed by atoms with Crippen LogP contribution in [0.1, 0.15) is 99.3 Å². The SMILES string of the molecule is CC(C)(C)CC(C)(C)c1cc(-c2cccc(F)c2)c(O)c(-n2c3cc(C(C)(C)C)ccc3c3ccc(C(C)(C)C)cc32)c1. The molecule has 0 spiro atoms. The largest absolute Gasteiger partial charge is 0.505 e. The van der Waals surface area contributed by atoms with Crippen molar-refractivity contribution < 1.29 is 9.50 Å². The number of aromatic nitrogens is 1.